The van der Waals surface area contributed by atoms with Gasteiger partial charge in [0.1, 0.15) is 5.82 Å². The first-order valence-corrected chi connectivity index (χ1v) is 8.25. The van der Waals surface area contributed by atoms with Crippen LogP contribution >= 0.6 is 27.5 Å². The van der Waals surface area contributed by atoms with Crippen molar-refractivity contribution in [3.63, 3.8) is 0 Å². The van der Waals surface area contributed by atoms with E-state index in [-0.39, 0.29) is 12.0 Å². The fraction of sp³-hybridized carbons (Fsp3) is 0.118. The molecule has 2 aromatic carbocycles. The molecular formula is C17H11BrClFN2O2. The Labute approximate surface area is 149 Å². The molecule has 3 rings (SSSR count). The van der Waals surface area contributed by atoms with Crippen LogP contribution in [-0.2, 0) is 11.2 Å². The van der Waals surface area contributed by atoms with Crippen molar-refractivity contribution in [1.82, 2.24) is 10.2 Å². The minimum absolute atomic E-state index is 0.0461. The number of halogens is 3. The van der Waals surface area contributed by atoms with Crippen LogP contribution in [-0.4, -0.2) is 15.4 Å². The molecule has 4 nitrogen and oxygen atoms in total. The Hall–Kier alpha value is -2.05. The number of fused-ring (bicyclic) bond motifs is 1. The number of benzene rings is 2. The van der Waals surface area contributed by atoms with Crippen LogP contribution in [0.4, 0.5) is 4.39 Å². The first-order chi connectivity index (χ1) is 11.5. The molecule has 24 heavy (non-hydrogen) atoms. The summed E-state index contributed by atoms with van der Waals surface area (Å²) in [5, 5.41) is 6.63. The number of aromatic nitrogens is 2. The molecule has 0 aliphatic carbocycles. The number of aromatic amines is 1. The SMILES string of the molecule is O=C(Cl)C(Cc1ccc(Br)cc1F)c1n[nH]c(=O)c2ccccc12. The minimum atomic E-state index is -0.871. The van der Waals surface area contributed by atoms with E-state index in [0.717, 1.165) is 0 Å². The van der Waals surface area contributed by atoms with Crippen molar-refractivity contribution in [2.24, 2.45) is 0 Å². The smallest absolute Gasteiger partial charge is 0.272 e. The van der Waals surface area contributed by atoms with E-state index < -0.39 is 17.0 Å². The predicted octanol–water partition coefficient (Wildman–Crippen LogP) is 3.92. The normalized spacial score (nSPS) is 12.3. The lowest BCUT2D eigenvalue weighted by atomic mass is 9.94. The highest BCUT2D eigenvalue weighted by Crippen LogP contribution is 2.28. The van der Waals surface area contributed by atoms with Crippen LogP contribution < -0.4 is 5.56 Å². The zero-order valence-corrected chi connectivity index (χ0v) is 14.6. The van der Waals surface area contributed by atoms with Crippen molar-refractivity contribution < 1.29 is 9.18 Å². The molecule has 0 amide bonds. The van der Waals surface area contributed by atoms with E-state index in [1.165, 1.54) is 6.07 Å². The molecule has 0 aliphatic rings. The summed E-state index contributed by atoms with van der Waals surface area (Å²) < 4.78 is 14.7. The van der Waals surface area contributed by atoms with Gasteiger partial charge in [-0.1, -0.05) is 40.2 Å². The summed E-state index contributed by atoms with van der Waals surface area (Å²) in [7, 11) is 0. The maximum absolute atomic E-state index is 14.1. The van der Waals surface area contributed by atoms with Crippen molar-refractivity contribution in [3.05, 3.63) is 74.4 Å². The molecule has 3 aromatic rings. The molecule has 0 bridgehead atoms. The summed E-state index contributed by atoms with van der Waals surface area (Å²) in [5.41, 5.74) is 0.312. The first kappa shape index (κ1) is 16.8. The molecule has 0 saturated carbocycles. The average molecular weight is 410 g/mol. The average Bonchev–Trinajstić information content (AvgIpc) is 2.55. The molecule has 1 heterocycles. The third-order valence-electron chi connectivity index (χ3n) is 3.77. The molecule has 1 N–H and O–H groups in total. The van der Waals surface area contributed by atoms with Crippen LogP contribution in [0.5, 0.6) is 0 Å². The Bertz CT molecular complexity index is 990. The second kappa shape index (κ2) is 6.83. The van der Waals surface area contributed by atoms with Crippen molar-refractivity contribution in [3.8, 4) is 0 Å². The van der Waals surface area contributed by atoms with Gasteiger partial charge in [0.05, 0.1) is 17.0 Å². The second-order valence-corrected chi connectivity index (χ2v) is 6.57. The number of nitrogens with zero attached hydrogens (tertiary/aromatic N) is 1. The van der Waals surface area contributed by atoms with Crippen LogP contribution in [0.3, 0.4) is 0 Å². The van der Waals surface area contributed by atoms with Crippen molar-refractivity contribution in [2.45, 2.75) is 12.3 Å². The topological polar surface area (TPSA) is 62.8 Å². The van der Waals surface area contributed by atoms with Gasteiger partial charge in [0, 0.05) is 9.86 Å². The highest BCUT2D eigenvalue weighted by molar-refractivity contribution is 9.10. The lowest BCUT2D eigenvalue weighted by Crippen LogP contribution is -2.18. The van der Waals surface area contributed by atoms with Gasteiger partial charge < -0.3 is 0 Å². The number of H-pyrrole nitrogens is 1. The van der Waals surface area contributed by atoms with Gasteiger partial charge in [0.15, 0.2) is 0 Å². The number of carbonyl (C=O) groups is 1. The molecule has 1 atom stereocenters. The van der Waals surface area contributed by atoms with E-state index in [2.05, 4.69) is 26.1 Å². The van der Waals surface area contributed by atoms with E-state index in [0.29, 0.717) is 26.5 Å². The fourth-order valence-electron chi connectivity index (χ4n) is 2.59. The van der Waals surface area contributed by atoms with E-state index >= 15 is 0 Å². The molecule has 0 saturated heterocycles. The molecule has 0 spiro atoms. The lowest BCUT2D eigenvalue weighted by Gasteiger charge is -2.14. The van der Waals surface area contributed by atoms with Crippen LogP contribution in [0.25, 0.3) is 10.8 Å². The van der Waals surface area contributed by atoms with E-state index in [1.807, 2.05) is 0 Å². The summed E-state index contributed by atoms with van der Waals surface area (Å²) in [6.45, 7) is 0. The minimum Gasteiger partial charge on any atom is -0.281 e. The van der Waals surface area contributed by atoms with E-state index in [9.17, 15) is 14.0 Å². The van der Waals surface area contributed by atoms with Gasteiger partial charge in [-0.05, 0) is 41.8 Å². The van der Waals surface area contributed by atoms with E-state index in [4.69, 9.17) is 11.6 Å². The zero-order chi connectivity index (χ0) is 17.3. The summed E-state index contributed by atoms with van der Waals surface area (Å²) in [6.07, 6.45) is 0.0461. The molecule has 0 aliphatic heterocycles. The highest BCUT2D eigenvalue weighted by atomic mass is 79.9. The standard InChI is InChI=1S/C17H11BrClFN2O2/c18-10-6-5-9(14(20)8-10)7-13(16(19)23)15-11-3-1-2-4-12(11)17(24)22-21-15/h1-6,8,13H,7H2,(H,22,24). The van der Waals surface area contributed by atoms with Gasteiger partial charge in [-0.2, -0.15) is 5.10 Å². The van der Waals surface area contributed by atoms with Crippen LogP contribution in [0.2, 0.25) is 0 Å². The highest BCUT2D eigenvalue weighted by Gasteiger charge is 2.25. The Morgan fingerprint density at radius 3 is 2.62 bits per heavy atom. The van der Waals surface area contributed by atoms with E-state index in [1.54, 1.807) is 36.4 Å². The Kier molecular flexibility index (Phi) is 4.78. The lowest BCUT2D eigenvalue weighted by molar-refractivity contribution is -0.113. The van der Waals surface area contributed by atoms with Gasteiger partial charge in [-0.25, -0.2) is 9.49 Å². The van der Waals surface area contributed by atoms with Gasteiger partial charge >= 0.3 is 0 Å². The third-order valence-corrected chi connectivity index (χ3v) is 4.53. The van der Waals surface area contributed by atoms with Crippen molar-refractivity contribution in [1.29, 1.82) is 0 Å². The molecule has 7 heteroatoms. The number of hydrogen-bond acceptors (Lipinski definition) is 3. The van der Waals surface area contributed by atoms with Gasteiger partial charge in [0.2, 0.25) is 5.24 Å². The molecular weight excluding hydrogens is 399 g/mol. The summed E-state index contributed by atoms with van der Waals surface area (Å²) >= 11 is 8.94. The third kappa shape index (κ3) is 3.25. The maximum Gasteiger partial charge on any atom is 0.272 e. The number of rotatable bonds is 4. The fourth-order valence-corrected chi connectivity index (χ4v) is 3.11. The summed E-state index contributed by atoms with van der Waals surface area (Å²) in [6, 6.07) is 11.4. The zero-order valence-electron chi connectivity index (χ0n) is 12.2. The summed E-state index contributed by atoms with van der Waals surface area (Å²) in [4.78, 5) is 23.8. The first-order valence-electron chi connectivity index (χ1n) is 7.08. The number of carbonyl (C=O) groups excluding carboxylic acids is 1. The molecule has 0 radical (unpaired) electrons. The van der Waals surface area contributed by atoms with Gasteiger partial charge in [-0.15, -0.1) is 0 Å². The molecule has 1 unspecified atom stereocenters. The van der Waals surface area contributed by atoms with Gasteiger partial charge in [-0.3, -0.25) is 9.59 Å². The van der Waals surface area contributed by atoms with Crippen molar-refractivity contribution in [2.75, 3.05) is 0 Å². The quantitative estimate of drug-likeness (QED) is 0.664. The van der Waals surface area contributed by atoms with Gasteiger partial charge in [0.25, 0.3) is 5.56 Å². The van der Waals surface area contributed by atoms with Crippen LogP contribution in [0.1, 0.15) is 17.2 Å². The maximum atomic E-state index is 14.1. The summed E-state index contributed by atoms with van der Waals surface area (Å²) in [5.74, 6) is -1.31. The number of nitrogens with one attached hydrogen (secondary N) is 1. The second-order valence-electron chi connectivity index (χ2n) is 5.28. The van der Waals surface area contributed by atoms with Crippen LogP contribution in [0, 0.1) is 5.82 Å². The Morgan fingerprint density at radius 1 is 1.25 bits per heavy atom. The predicted molar refractivity (Wildman–Crippen MR) is 93.8 cm³/mol. The largest absolute Gasteiger partial charge is 0.281 e. The molecule has 0 fully saturated rings. The number of hydrogen-bond donors (Lipinski definition) is 1. The monoisotopic (exact) mass is 408 g/mol. The molecule has 122 valence electrons. The Morgan fingerprint density at radius 2 is 1.96 bits per heavy atom. The molecule has 1 aromatic heterocycles. The Balaban J connectivity index is 2.11. The van der Waals surface area contributed by atoms with Crippen LogP contribution in [0.15, 0.2) is 51.7 Å². The van der Waals surface area contributed by atoms with Crippen molar-refractivity contribution >= 4 is 43.5 Å².